The Morgan fingerprint density at radius 3 is 2.29 bits per heavy atom. The van der Waals surface area contributed by atoms with Crippen LogP contribution in [0.2, 0.25) is 0 Å². The Kier molecular flexibility index (Phi) is 12.8. The molecule has 0 rings (SSSR count). The van der Waals surface area contributed by atoms with E-state index in [-0.39, 0.29) is 13.0 Å². The van der Waals surface area contributed by atoms with Gasteiger partial charge in [0, 0.05) is 13.3 Å². The lowest BCUT2D eigenvalue weighted by molar-refractivity contribution is -0.160. The number of carbonyl (C=O) groups excluding carboxylic acids is 2. The summed E-state index contributed by atoms with van der Waals surface area (Å²) < 4.78 is 24.8. The van der Waals surface area contributed by atoms with Crippen LogP contribution < -0.4 is 0 Å². The summed E-state index contributed by atoms with van der Waals surface area (Å²) in [7, 11) is -4.68. The molecule has 0 bridgehead atoms. The maximum Gasteiger partial charge on any atom is 0.469 e. The van der Waals surface area contributed by atoms with Crippen LogP contribution in [0.4, 0.5) is 0 Å². The van der Waals surface area contributed by atoms with Crippen LogP contribution in [0, 0.1) is 6.42 Å². The zero-order valence-corrected chi connectivity index (χ0v) is 15.2. The minimum atomic E-state index is -4.68. The van der Waals surface area contributed by atoms with Crippen LogP contribution in [0.3, 0.4) is 0 Å². The van der Waals surface area contributed by atoms with E-state index in [1.165, 1.54) is 6.92 Å². The van der Waals surface area contributed by atoms with Crippen molar-refractivity contribution in [1.82, 2.24) is 0 Å². The summed E-state index contributed by atoms with van der Waals surface area (Å²) in [6.07, 6.45) is 7.26. The number of carbonyl (C=O) groups is 2. The molecule has 0 aromatic carbocycles. The van der Waals surface area contributed by atoms with Gasteiger partial charge in [0.25, 0.3) is 0 Å². The normalized spacial score (nSPS) is 12.7. The van der Waals surface area contributed by atoms with Gasteiger partial charge in [-0.15, -0.1) is 0 Å². The van der Waals surface area contributed by atoms with Crippen LogP contribution >= 0.6 is 7.82 Å². The highest BCUT2D eigenvalue weighted by atomic mass is 31.2. The molecule has 0 spiro atoms. The summed E-state index contributed by atoms with van der Waals surface area (Å²) in [5.41, 5.74) is 0. The first-order valence-corrected chi connectivity index (χ1v) is 9.58. The van der Waals surface area contributed by atoms with Gasteiger partial charge in [-0.2, -0.15) is 13.3 Å². The van der Waals surface area contributed by atoms with Crippen LogP contribution in [0.15, 0.2) is 0 Å². The molecule has 0 saturated carbocycles. The Morgan fingerprint density at radius 2 is 1.71 bits per heavy atom. The first kappa shape index (κ1) is 23.1. The molecular weight excluding hydrogens is 339 g/mol. The molecule has 0 amide bonds. The third-order valence-corrected chi connectivity index (χ3v) is 3.56. The zero-order chi connectivity index (χ0) is 18.4. The fraction of sp³-hybridized carbons (Fsp3) is 0.800. The first-order valence-electron chi connectivity index (χ1n) is 8.05. The monoisotopic (exact) mass is 367 g/mol. The van der Waals surface area contributed by atoms with E-state index in [1.54, 1.807) is 0 Å². The average molecular weight is 367 g/mol. The van der Waals surface area contributed by atoms with Gasteiger partial charge < -0.3 is 25.7 Å². The molecule has 0 fully saturated rings. The number of rotatable bonds is 14. The third kappa shape index (κ3) is 15.9. The highest BCUT2D eigenvalue weighted by molar-refractivity contribution is 7.46. The number of hydrogen-bond acceptors (Lipinski definition) is 6. The maximum absolute atomic E-state index is 11.7. The summed E-state index contributed by atoms with van der Waals surface area (Å²) >= 11 is 0. The molecule has 2 N–H and O–H groups in total. The van der Waals surface area contributed by atoms with E-state index in [1.807, 2.05) is 6.92 Å². The van der Waals surface area contributed by atoms with Crippen molar-refractivity contribution in [3.63, 3.8) is 0 Å². The standard InChI is InChI=1S/C15H28O8P/c1-3-4-5-6-7-8-9-10-15(17)23-14(11-21-13(2)16)12-22-24(18,19)20/h3,14H,4-12H2,1-2H3,(H2,18,19,20)/q-1/t14-/m0/s1. The summed E-state index contributed by atoms with van der Waals surface area (Å²) in [6, 6.07) is 0. The van der Waals surface area contributed by atoms with Gasteiger partial charge in [-0.25, -0.2) is 4.57 Å². The third-order valence-electron chi connectivity index (χ3n) is 3.07. The van der Waals surface area contributed by atoms with Crippen LogP contribution in [0.1, 0.15) is 58.8 Å². The van der Waals surface area contributed by atoms with Crippen molar-refractivity contribution >= 4 is 19.8 Å². The molecule has 9 heteroatoms. The second kappa shape index (κ2) is 13.4. The van der Waals surface area contributed by atoms with Crippen LogP contribution in [0.5, 0.6) is 0 Å². The average Bonchev–Trinajstić information content (AvgIpc) is 2.48. The second-order valence-corrected chi connectivity index (χ2v) is 6.65. The first-order chi connectivity index (χ1) is 11.2. The molecule has 0 aliphatic heterocycles. The lowest BCUT2D eigenvalue weighted by Gasteiger charge is -2.18. The van der Waals surface area contributed by atoms with Gasteiger partial charge in [-0.3, -0.25) is 14.1 Å². The minimum Gasteiger partial charge on any atom is -0.462 e. The number of phosphoric acid groups is 1. The van der Waals surface area contributed by atoms with Crippen molar-refractivity contribution in [2.75, 3.05) is 13.2 Å². The van der Waals surface area contributed by atoms with Gasteiger partial charge in [0.1, 0.15) is 6.61 Å². The van der Waals surface area contributed by atoms with Crippen molar-refractivity contribution in [3.8, 4) is 0 Å². The summed E-state index contributed by atoms with van der Waals surface area (Å²) in [4.78, 5) is 39.9. The predicted molar refractivity (Wildman–Crippen MR) is 86.8 cm³/mol. The highest BCUT2D eigenvalue weighted by Crippen LogP contribution is 2.35. The van der Waals surface area contributed by atoms with E-state index in [0.29, 0.717) is 6.42 Å². The summed E-state index contributed by atoms with van der Waals surface area (Å²) in [6.45, 7) is 2.35. The smallest absolute Gasteiger partial charge is 0.462 e. The Bertz CT molecular complexity index is 406. The van der Waals surface area contributed by atoms with Gasteiger partial charge in [-0.1, -0.05) is 25.7 Å². The van der Waals surface area contributed by atoms with Crippen molar-refractivity contribution in [2.45, 2.75) is 64.9 Å². The highest BCUT2D eigenvalue weighted by Gasteiger charge is 2.22. The largest absolute Gasteiger partial charge is 0.469 e. The summed E-state index contributed by atoms with van der Waals surface area (Å²) in [5, 5.41) is 0. The van der Waals surface area contributed by atoms with Crippen LogP contribution in [-0.2, 0) is 28.2 Å². The molecule has 24 heavy (non-hydrogen) atoms. The van der Waals surface area contributed by atoms with E-state index in [0.717, 1.165) is 32.1 Å². The van der Waals surface area contributed by atoms with E-state index in [2.05, 4.69) is 10.9 Å². The van der Waals surface area contributed by atoms with Gasteiger partial charge in [0.2, 0.25) is 0 Å². The molecule has 0 aromatic rings. The van der Waals surface area contributed by atoms with Crippen molar-refractivity contribution in [2.24, 2.45) is 0 Å². The molecular formula is C15H28O8P-. The SMILES string of the molecule is C[CH-]CCCCCCCC(=O)O[C@@H](COC(C)=O)COP(=O)(O)O. The molecule has 0 unspecified atom stereocenters. The number of esters is 2. The lowest BCUT2D eigenvalue weighted by atomic mass is 10.1. The molecule has 0 aliphatic rings. The molecule has 0 aromatic heterocycles. The Balaban J connectivity index is 4.04. The van der Waals surface area contributed by atoms with Crippen molar-refractivity contribution < 1.29 is 37.9 Å². The van der Waals surface area contributed by atoms with Gasteiger partial charge in [0.15, 0.2) is 6.10 Å². The molecule has 8 nitrogen and oxygen atoms in total. The maximum atomic E-state index is 11.7. The molecule has 0 saturated heterocycles. The fourth-order valence-electron chi connectivity index (χ4n) is 1.90. The molecule has 142 valence electrons. The van der Waals surface area contributed by atoms with E-state index in [9.17, 15) is 14.2 Å². The molecule has 0 heterocycles. The van der Waals surface area contributed by atoms with Gasteiger partial charge in [0.05, 0.1) is 6.61 Å². The van der Waals surface area contributed by atoms with Crippen LogP contribution in [-0.4, -0.2) is 41.0 Å². The zero-order valence-electron chi connectivity index (χ0n) is 14.3. The molecule has 1 atom stereocenters. The summed E-state index contributed by atoms with van der Waals surface area (Å²) in [5.74, 6) is -1.10. The second-order valence-electron chi connectivity index (χ2n) is 5.42. The Hall–Kier alpha value is -0.950. The van der Waals surface area contributed by atoms with Crippen molar-refractivity contribution in [1.29, 1.82) is 0 Å². The number of ether oxygens (including phenoxy) is 2. The molecule has 0 radical (unpaired) electrons. The Labute approximate surface area is 143 Å². The van der Waals surface area contributed by atoms with E-state index < -0.39 is 32.5 Å². The molecule has 0 aliphatic carbocycles. The van der Waals surface area contributed by atoms with E-state index >= 15 is 0 Å². The van der Waals surface area contributed by atoms with Gasteiger partial charge >= 0.3 is 19.8 Å². The lowest BCUT2D eigenvalue weighted by Crippen LogP contribution is -2.29. The quantitative estimate of drug-likeness (QED) is 0.208. The number of hydrogen-bond donors (Lipinski definition) is 2. The number of phosphoric ester groups is 1. The van der Waals surface area contributed by atoms with Crippen molar-refractivity contribution in [3.05, 3.63) is 6.42 Å². The predicted octanol–water partition coefficient (Wildman–Crippen LogP) is 2.53. The van der Waals surface area contributed by atoms with E-state index in [4.69, 9.17) is 19.3 Å². The van der Waals surface area contributed by atoms with Gasteiger partial charge in [-0.05, 0) is 6.42 Å². The topological polar surface area (TPSA) is 119 Å². The minimum absolute atomic E-state index is 0.201. The number of unbranched alkanes of at least 4 members (excludes halogenated alkanes) is 6. The van der Waals surface area contributed by atoms with Crippen LogP contribution in [0.25, 0.3) is 0 Å². The Morgan fingerprint density at radius 1 is 1.08 bits per heavy atom. The fourth-order valence-corrected chi connectivity index (χ4v) is 2.26.